The van der Waals surface area contributed by atoms with Crippen molar-refractivity contribution in [3.63, 3.8) is 0 Å². The molecule has 3 aromatic rings. The number of aliphatic hydroxyl groups excluding tert-OH is 1. The zero-order valence-electron chi connectivity index (χ0n) is 14.5. The molecule has 6 nitrogen and oxygen atoms in total. The molecule has 0 aliphatic heterocycles. The van der Waals surface area contributed by atoms with E-state index in [0.29, 0.717) is 11.4 Å². The summed E-state index contributed by atoms with van der Waals surface area (Å²) in [7, 11) is 0. The summed E-state index contributed by atoms with van der Waals surface area (Å²) in [6.45, 7) is 0. The van der Waals surface area contributed by atoms with Crippen LogP contribution in [0.3, 0.4) is 0 Å². The predicted molar refractivity (Wildman–Crippen MR) is 96.3 cm³/mol. The summed E-state index contributed by atoms with van der Waals surface area (Å²) >= 11 is 0. The molecule has 0 radical (unpaired) electrons. The summed E-state index contributed by atoms with van der Waals surface area (Å²) in [5, 5.41) is 15.3. The number of hydrogen-bond donors (Lipinski definition) is 2. The van der Waals surface area contributed by atoms with Crippen molar-refractivity contribution in [3.05, 3.63) is 82.7 Å². The Morgan fingerprint density at radius 3 is 2.41 bits per heavy atom. The first-order valence-corrected chi connectivity index (χ1v) is 8.75. The fourth-order valence-corrected chi connectivity index (χ4v) is 3.57. The van der Waals surface area contributed by atoms with Gasteiger partial charge in [0.2, 0.25) is 5.91 Å². The molecule has 0 bridgehead atoms. The topological polar surface area (TPSA) is 94.0 Å². The quantitative estimate of drug-likeness (QED) is 0.721. The number of benzene rings is 2. The maximum Gasteiger partial charge on any atom is 0.225 e. The molecule has 7 heteroatoms. The molecule has 1 atom stereocenters. The van der Waals surface area contributed by atoms with E-state index in [0.717, 1.165) is 12.8 Å². The van der Waals surface area contributed by atoms with E-state index in [-0.39, 0.29) is 24.1 Å². The van der Waals surface area contributed by atoms with Crippen molar-refractivity contribution < 1.29 is 14.3 Å². The van der Waals surface area contributed by atoms with Crippen LogP contribution in [0.1, 0.15) is 40.5 Å². The van der Waals surface area contributed by atoms with Crippen LogP contribution in [0, 0.1) is 5.82 Å². The fourth-order valence-electron chi connectivity index (χ4n) is 3.57. The van der Waals surface area contributed by atoms with Gasteiger partial charge in [0.05, 0.1) is 12.5 Å². The van der Waals surface area contributed by atoms with Gasteiger partial charge in [-0.15, -0.1) is 0 Å². The van der Waals surface area contributed by atoms with E-state index in [1.165, 1.54) is 35.4 Å². The first-order chi connectivity index (χ1) is 13.0. The second-order valence-electron chi connectivity index (χ2n) is 6.76. The number of amides is 1. The molecule has 0 unspecified atom stereocenters. The number of carbonyl (C=O) groups excluding carboxylic acids is 1. The smallest absolute Gasteiger partial charge is 0.225 e. The number of aliphatic hydroxyl groups is 1. The molecular formula is C20H19FN4O2. The standard InChI is InChI=1S/C20H19FN4O2/c21-15-7-5-12(6-8-15)19(27)20-23-18(11-17(22)26)24-25(20)16-9-13-3-1-2-4-14(13)10-16/h1-8,16,19,27H,9-11H2,(H2,22,26)/t19-/m0/s1. The number of aromatic nitrogens is 3. The Balaban J connectivity index is 1.71. The third-order valence-electron chi connectivity index (χ3n) is 4.84. The zero-order chi connectivity index (χ0) is 19.0. The molecule has 2 aromatic carbocycles. The number of carbonyl (C=O) groups is 1. The molecule has 1 aliphatic carbocycles. The Kier molecular flexibility index (Phi) is 4.45. The number of fused-ring (bicyclic) bond motifs is 1. The van der Waals surface area contributed by atoms with Crippen molar-refractivity contribution in [2.75, 3.05) is 0 Å². The van der Waals surface area contributed by atoms with Crippen molar-refractivity contribution in [1.29, 1.82) is 0 Å². The lowest BCUT2D eigenvalue weighted by Crippen LogP contribution is -2.18. The Hall–Kier alpha value is -3.06. The maximum absolute atomic E-state index is 13.2. The van der Waals surface area contributed by atoms with Crippen molar-refractivity contribution in [2.45, 2.75) is 31.4 Å². The third kappa shape index (κ3) is 3.46. The molecule has 1 aromatic heterocycles. The molecule has 138 valence electrons. The lowest BCUT2D eigenvalue weighted by atomic mass is 10.1. The highest BCUT2D eigenvalue weighted by atomic mass is 19.1. The maximum atomic E-state index is 13.2. The van der Waals surface area contributed by atoms with Gasteiger partial charge in [-0.2, -0.15) is 5.10 Å². The second-order valence-corrected chi connectivity index (χ2v) is 6.76. The predicted octanol–water partition coefficient (Wildman–Crippen LogP) is 1.87. The van der Waals surface area contributed by atoms with Gasteiger partial charge in [0.15, 0.2) is 11.6 Å². The first kappa shape index (κ1) is 17.4. The normalized spacial score (nSPS) is 14.9. The lowest BCUT2D eigenvalue weighted by molar-refractivity contribution is -0.117. The summed E-state index contributed by atoms with van der Waals surface area (Å²) < 4.78 is 14.9. The number of nitrogens with zero attached hydrogens (tertiary/aromatic N) is 3. The Labute approximate surface area is 155 Å². The van der Waals surface area contributed by atoms with E-state index in [1.54, 1.807) is 4.68 Å². The number of rotatable bonds is 5. The van der Waals surface area contributed by atoms with Gasteiger partial charge in [-0.3, -0.25) is 4.79 Å². The van der Waals surface area contributed by atoms with Gasteiger partial charge in [0.25, 0.3) is 0 Å². The van der Waals surface area contributed by atoms with E-state index in [2.05, 4.69) is 22.2 Å². The van der Waals surface area contributed by atoms with Crippen LogP contribution in [0.25, 0.3) is 0 Å². The third-order valence-corrected chi connectivity index (χ3v) is 4.84. The minimum absolute atomic E-state index is 0.0124. The van der Waals surface area contributed by atoms with Crippen LogP contribution in [0.15, 0.2) is 48.5 Å². The summed E-state index contributed by atoms with van der Waals surface area (Å²) in [6, 6.07) is 13.7. The second kappa shape index (κ2) is 6.92. The minimum atomic E-state index is -1.08. The van der Waals surface area contributed by atoms with E-state index >= 15 is 0 Å². The summed E-state index contributed by atoms with van der Waals surface area (Å²) in [5.74, 6) is -0.317. The number of primary amides is 1. The Morgan fingerprint density at radius 2 is 1.81 bits per heavy atom. The number of halogens is 1. The zero-order valence-corrected chi connectivity index (χ0v) is 14.5. The molecule has 0 spiro atoms. The van der Waals surface area contributed by atoms with Gasteiger partial charge in [-0.25, -0.2) is 14.1 Å². The molecule has 0 saturated carbocycles. The van der Waals surface area contributed by atoms with Gasteiger partial charge >= 0.3 is 0 Å². The van der Waals surface area contributed by atoms with E-state index in [1.807, 2.05) is 12.1 Å². The number of hydrogen-bond acceptors (Lipinski definition) is 4. The van der Waals surface area contributed by atoms with E-state index in [9.17, 15) is 14.3 Å². The monoisotopic (exact) mass is 366 g/mol. The molecule has 27 heavy (non-hydrogen) atoms. The average molecular weight is 366 g/mol. The van der Waals surface area contributed by atoms with Crippen LogP contribution in [-0.2, 0) is 24.1 Å². The van der Waals surface area contributed by atoms with Crippen LogP contribution >= 0.6 is 0 Å². The van der Waals surface area contributed by atoms with Gasteiger partial charge < -0.3 is 10.8 Å². The van der Waals surface area contributed by atoms with Crippen molar-refractivity contribution in [1.82, 2.24) is 14.8 Å². The largest absolute Gasteiger partial charge is 0.380 e. The highest BCUT2D eigenvalue weighted by molar-refractivity contribution is 5.75. The highest BCUT2D eigenvalue weighted by Crippen LogP contribution is 2.32. The van der Waals surface area contributed by atoms with Crippen molar-refractivity contribution in [2.24, 2.45) is 5.73 Å². The Morgan fingerprint density at radius 1 is 1.19 bits per heavy atom. The first-order valence-electron chi connectivity index (χ1n) is 8.75. The summed E-state index contributed by atoms with van der Waals surface area (Å²) in [6.07, 6.45) is 0.344. The molecule has 1 amide bonds. The van der Waals surface area contributed by atoms with Crippen LogP contribution in [-0.4, -0.2) is 25.8 Å². The molecular weight excluding hydrogens is 347 g/mol. The molecule has 3 N–H and O–H groups in total. The van der Waals surface area contributed by atoms with Crippen LogP contribution in [0.5, 0.6) is 0 Å². The van der Waals surface area contributed by atoms with Gasteiger partial charge in [-0.05, 0) is 41.7 Å². The van der Waals surface area contributed by atoms with Crippen LogP contribution < -0.4 is 5.73 Å². The lowest BCUT2D eigenvalue weighted by Gasteiger charge is -2.16. The molecule has 4 rings (SSSR count). The average Bonchev–Trinajstić information content (AvgIpc) is 3.25. The SMILES string of the molecule is NC(=O)Cc1nc([C@@H](O)c2ccc(F)cc2)n(C2Cc3ccccc3C2)n1. The van der Waals surface area contributed by atoms with Gasteiger partial charge in [-0.1, -0.05) is 36.4 Å². The van der Waals surface area contributed by atoms with Crippen LogP contribution in [0.4, 0.5) is 4.39 Å². The van der Waals surface area contributed by atoms with Gasteiger partial charge in [0, 0.05) is 0 Å². The van der Waals surface area contributed by atoms with Crippen molar-refractivity contribution in [3.8, 4) is 0 Å². The molecule has 0 fully saturated rings. The molecule has 1 heterocycles. The van der Waals surface area contributed by atoms with Crippen LogP contribution in [0.2, 0.25) is 0 Å². The molecule has 1 aliphatic rings. The molecule has 0 saturated heterocycles. The highest BCUT2D eigenvalue weighted by Gasteiger charge is 2.29. The van der Waals surface area contributed by atoms with Crippen molar-refractivity contribution >= 4 is 5.91 Å². The summed E-state index contributed by atoms with van der Waals surface area (Å²) in [5.41, 5.74) is 8.25. The van der Waals surface area contributed by atoms with E-state index < -0.39 is 12.0 Å². The van der Waals surface area contributed by atoms with Gasteiger partial charge in [0.1, 0.15) is 11.9 Å². The minimum Gasteiger partial charge on any atom is -0.380 e. The van der Waals surface area contributed by atoms with E-state index in [4.69, 9.17) is 5.73 Å². The number of nitrogens with two attached hydrogens (primary N) is 1. The summed E-state index contributed by atoms with van der Waals surface area (Å²) in [4.78, 5) is 15.7. The Bertz CT molecular complexity index is 959. The fraction of sp³-hybridized carbons (Fsp3) is 0.250.